The van der Waals surface area contributed by atoms with E-state index < -0.39 is 35.4 Å². The number of thiazole rings is 1. The molecule has 51 heavy (non-hydrogen) atoms. The molecule has 6 unspecified atom stereocenters. The molecule has 8 rings (SSSR count). The number of ether oxygens (including phenoxy) is 2. The van der Waals surface area contributed by atoms with Crippen LogP contribution in [0.1, 0.15) is 35.3 Å². The largest absolute Gasteiger partial charge is 0.490 e. The summed E-state index contributed by atoms with van der Waals surface area (Å²) in [5, 5.41) is 3.88. The lowest BCUT2D eigenvalue weighted by Crippen LogP contribution is -2.42. The molecule has 1 aromatic heterocycles. The monoisotopic (exact) mass is 755 g/mol. The number of rotatable bonds is 8. The second-order valence-corrected chi connectivity index (χ2v) is 15.6. The van der Waals surface area contributed by atoms with Crippen LogP contribution in [0.4, 0.5) is 24.5 Å². The summed E-state index contributed by atoms with van der Waals surface area (Å²) in [6, 6.07) is 16.4. The van der Waals surface area contributed by atoms with Crippen molar-refractivity contribution in [3.8, 4) is 11.5 Å². The summed E-state index contributed by atoms with van der Waals surface area (Å²) in [4.78, 5) is 57.8. The van der Waals surface area contributed by atoms with Crippen LogP contribution in [0.2, 0.25) is 5.02 Å². The number of thioether (sulfide) groups is 1. The molecule has 3 fully saturated rings. The smallest absolute Gasteiger partial charge is 0.416 e. The van der Waals surface area contributed by atoms with Crippen LogP contribution in [0.15, 0.2) is 76.6 Å². The highest BCUT2D eigenvalue weighted by molar-refractivity contribution is 8.00. The zero-order valence-corrected chi connectivity index (χ0v) is 29.1. The molecule has 1 saturated heterocycles. The van der Waals surface area contributed by atoms with E-state index in [0.29, 0.717) is 40.3 Å². The molecule has 3 heterocycles. The number of anilines is 2. The molecule has 9 nitrogen and oxygen atoms in total. The molecule has 2 N–H and O–H groups in total. The number of halogens is 4. The first-order valence-electron chi connectivity index (χ1n) is 16.3. The van der Waals surface area contributed by atoms with Gasteiger partial charge in [0, 0.05) is 26.8 Å². The van der Waals surface area contributed by atoms with Crippen LogP contribution in [-0.4, -0.2) is 41.2 Å². The fourth-order valence-corrected chi connectivity index (χ4v) is 11.5. The topological polar surface area (TPSA) is 118 Å². The lowest BCUT2D eigenvalue weighted by molar-refractivity contribution is -0.137. The van der Waals surface area contributed by atoms with Crippen LogP contribution < -0.4 is 24.6 Å². The maximum Gasteiger partial charge on any atom is 0.416 e. The van der Waals surface area contributed by atoms with Crippen molar-refractivity contribution in [2.24, 2.45) is 29.6 Å². The van der Waals surface area contributed by atoms with E-state index in [1.165, 1.54) is 23.9 Å². The number of aromatic amines is 1. The summed E-state index contributed by atoms with van der Waals surface area (Å²) < 4.78 is 52.5. The first-order valence-corrected chi connectivity index (χ1v) is 18.4. The van der Waals surface area contributed by atoms with Crippen molar-refractivity contribution >= 4 is 63.8 Å². The number of benzene rings is 3. The van der Waals surface area contributed by atoms with Crippen LogP contribution in [0.3, 0.4) is 0 Å². The summed E-state index contributed by atoms with van der Waals surface area (Å²) in [5.74, 6) is -2.89. The number of fused-ring (bicyclic) bond motifs is 9. The third kappa shape index (κ3) is 5.81. The Kier molecular flexibility index (Phi) is 8.46. The highest BCUT2D eigenvalue weighted by Crippen LogP contribution is 2.69. The van der Waals surface area contributed by atoms with Crippen molar-refractivity contribution in [1.82, 2.24) is 4.98 Å². The number of hydrogen-bond donors (Lipinski definition) is 2. The van der Waals surface area contributed by atoms with Crippen molar-refractivity contribution in [1.29, 1.82) is 0 Å². The highest BCUT2D eigenvalue weighted by atomic mass is 35.5. The lowest BCUT2D eigenvalue weighted by Gasteiger charge is -2.43. The number of aromatic nitrogens is 1. The number of amides is 3. The zero-order valence-electron chi connectivity index (χ0n) is 26.7. The van der Waals surface area contributed by atoms with Gasteiger partial charge in [-0.3, -0.25) is 24.1 Å². The van der Waals surface area contributed by atoms with Crippen LogP contribution >= 0.6 is 34.7 Å². The van der Waals surface area contributed by atoms with Gasteiger partial charge in [-0.1, -0.05) is 35.1 Å². The molecule has 0 radical (unpaired) electrons. The van der Waals surface area contributed by atoms with E-state index in [9.17, 15) is 32.3 Å². The average molecular weight is 756 g/mol. The Balaban J connectivity index is 1.10. The maximum absolute atomic E-state index is 14.0. The van der Waals surface area contributed by atoms with Gasteiger partial charge in [-0.25, -0.2) is 0 Å². The van der Waals surface area contributed by atoms with Crippen molar-refractivity contribution in [2.75, 3.05) is 23.4 Å². The van der Waals surface area contributed by atoms with E-state index in [0.717, 1.165) is 38.8 Å². The van der Waals surface area contributed by atoms with Crippen LogP contribution in [0, 0.1) is 29.6 Å². The van der Waals surface area contributed by atoms with Crippen LogP contribution in [0.5, 0.6) is 11.5 Å². The normalized spacial score (nSPS) is 26.1. The fourth-order valence-electron chi connectivity index (χ4n) is 8.45. The number of nitrogens with zero attached hydrogens (tertiary/aromatic N) is 1. The standard InChI is InChI=1S/C36H29ClF3N3O6S2/c1-2-48-24-12-16(6-11-23(24)49-15-25(44)41-19-9-7-18(37)8-10-19)26-27-21-14-22(30(27)50-32-31(26)51-35(47)42-32)29-28(21)33(45)43(34(29)46)20-5-3-4-17(13-20)36(38,39)40/h3-13,21-22,26-30H,2,14-15H2,1H3,(H,41,44)(H,42,47)/t21?,22?,26-,27?,28?,29?,30?/m1/s1. The summed E-state index contributed by atoms with van der Waals surface area (Å²) in [7, 11) is 0. The Morgan fingerprint density at radius 3 is 2.45 bits per heavy atom. The van der Waals surface area contributed by atoms with Gasteiger partial charge in [0.25, 0.3) is 5.91 Å². The van der Waals surface area contributed by atoms with Gasteiger partial charge in [0.15, 0.2) is 18.1 Å². The van der Waals surface area contributed by atoms with Gasteiger partial charge in [-0.2, -0.15) is 13.2 Å². The molecule has 2 aliphatic carbocycles. The lowest BCUT2D eigenvalue weighted by atomic mass is 9.68. The molecule has 264 valence electrons. The fraction of sp³-hybridized carbons (Fsp3) is 0.333. The Labute approximate surface area is 302 Å². The molecule has 2 saturated carbocycles. The molecule has 0 spiro atoms. The number of H-pyrrole nitrogens is 1. The number of nitrogens with one attached hydrogen (secondary N) is 2. The molecule has 2 aliphatic heterocycles. The summed E-state index contributed by atoms with van der Waals surface area (Å²) in [6.07, 6.45) is -4.02. The van der Waals surface area contributed by atoms with Crippen molar-refractivity contribution in [3.05, 3.63) is 97.4 Å². The first-order chi connectivity index (χ1) is 24.4. The number of carbonyl (C=O) groups excluding carboxylic acids is 3. The van der Waals surface area contributed by atoms with E-state index in [4.69, 9.17) is 21.1 Å². The van der Waals surface area contributed by atoms with E-state index >= 15 is 0 Å². The van der Waals surface area contributed by atoms with Crippen molar-refractivity contribution in [3.63, 3.8) is 0 Å². The molecule has 4 aliphatic rings. The second-order valence-electron chi connectivity index (χ2n) is 13.0. The van der Waals surface area contributed by atoms with E-state index in [1.54, 1.807) is 30.3 Å². The molecule has 7 atom stereocenters. The van der Waals surface area contributed by atoms with Crippen molar-refractivity contribution < 1.29 is 37.0 Å². The molecule has 15 heteroatoms. The van der Waals surface area contributed by atoms with Gasteiger partial charge in [-0.15, -0.1) is 11.8 Å². The van der Waals surface area contributed by atoms with Crippen LogP contribution in [-0.2, 0) is 20.6 Å². The second kappa shape index (κ2) is 12.7. The minimum absolute atomic E-state index is 0.0805. The summed E-state index contributed by atoms with van der Waals surface area (Å²) in [6.45, 7) is 1.84. The van der Waals surface area contributed by atoms with Gasteiger partial charge in [0.2, 0.25) is 11.8 Å². The Hall–Kier alpha value is -4.27. The minimum atomic E-state index is -4.63. The minimum Gasteiger partial charge on any atom is -0.490 e. The third-order valence-electron chi connectivity index (χ3n) is 10.3. The summed E-state index contributed by atoms with van der Waals surface area (Å²) >= 11 is 8.55. The number of hydrogen-bond acceptors (Lipinski definition) is 8. The quantitative estimate of drug-likeness (QED) is 0.183. The Morgan fingerprint density at radius 1 is 0.980 bits per heavy atom. The first kappa shape index (κ1) is 33.9. The van der Waals surface area contributed by atoms with Gasteiger partial charge in [0.05, 0.1) is 34.7 Å². The predicted octanol–water partition coefficient (Wildman–Crippen LogP) is 7.20. The predicted molar refractivity (Wildman–Crippen MR) is 186 cm³/mol. The number of imide groups is 1. The summed E-state index contributed by atoms with van der Waals surface area (Å²) in [5.41, 5.74) is 0.368. The van der Waals surface area contributed by atoms with Gasteiger partial charge >= 0.3 is 11.0 Å². The molecular formula is C36H29ClF3N3O6S2. The Morgan fingerprint density at radius 2 is 1.73 bits per heavy atom. The molecule has 3 aromatic carbocycles. The SMILES string of the molecule is CCOc1cc([C@H]2c3sc(=O)[nH]c3SC3C4CC(C5C(=O)N(c6cccc(C(F)(F)F)c6)C(=O)C45)C32)ccc1OCC(=O)Nc1ccc(Cl)cc1. The highest BCUT2D eigenvalue weighted by Gasteiger charge is 2.69. The van der Waals surface area contributed by atoms with Crippen LogP contribution in [0.25, 0.3) is 0 Å². The van der Waals surface area contributed by atoms with Gasteiger partial charge < -0.3 is 19.8 Å². The molecule has 3 amide bonds. The van der Waals surface area contributed by atoms with E-state index in [2.05, 4.69) is 10.3 Å². The number of carbonyl (C=O) groups is 3. The van der Waals surface area contributed by atoms with Gasteiger partial charge in [0.1, 0.15) is 0 Å². The van der Waals surface area contributed by atoms with Crippen molar-refractivity contribution in [2.45, 2.75) is 35.7 Å². The van der Waals surface area contributed by atoms with E-state index in [-0.39, 0.29) is 52.0 Å². The molecule has 2 bridgehead atoms. The molecular weight excluding hydrogens is 727 g/mol. The molecule has 4 aromatic rings. The zero-order chi connectivity index (χ0) is 35.8. The van der Waals surface area contributed by atoms with E-state index in [1.807, 2.05) is 19.1 Å². The number of alkyl halides is 3. The average Bonchev–Trinajstić information content (AvgIpc) is 3.83. The maximum atomic E-state index is 14.0. The van der Waals surface area contributed by atoms with Gasteiger partial charge in [-0.05, 0) is 91.3 Å². The Bertz CT molecular complexity index is 2120. The third-order valence-corrected chi connectivity index (χ3v) is 13.1.